The summed E-state index contributed by atoms with van der Waals surface area (Å²) in [4.78, 5) is 15.5. The van der Waals surface area contributed by atoms with Crippen LogP contribution in [0.2, 0.25) is 0 Å². The minimum Gasteiger partial charge on any atom is -0.352 e. The van der Waals surface area contributed by atoms with Gasteiger partial charge in [-0.2, -0.15) is 4.31 Å². The minimum atomic E-state index is -3.51. The van der Waals surface area contributed by atoms with E-state index in [1.165, 1.54) is 21.7 Å². The highest BCUT2D eigenvalue weighted by atomic mass is 32.2. The van der Waals surface area contributed by atoms with E-state index in [2.05, 4.69) is 17.1 Å². The first kappa shape index (κ1) is 17.4. The van der Waals surface area contributed by atoms with Gasteiger partial charge in [0.1, 0.15) is 0 Å². The van der Waals surface area contributed by atoms with E-state index in [-0.39, 0.29) is 10.8 Å². The predicted molar refractivity (Wildman–Crippen MR) is 87.9 cm³/mol. The van der Waals surface area contributed by atoms with Crippen LogP contribution in [0.3, 0.4) is 0 Å². The summed E-state index contributed by atoms with van der Waals surface area (Å²) in [6.45, 7) is 9.63. The van der Waals surface area contributed by atoms with Crippen LogP contribution in [-0.4, -0.2) is 62.8 Å². The molecular weight excluding hydrogens is 322 g/mol. The highest BCUT2D eigenvalue weighted by Gasteiger charge is 2.31. The molecule has 0 aliphatic carbocycles. The Bertz CT molecular complexity index is 632. The molecule has 22 heavy (non-hydrogen) atoms. The number of amides is 1. The largest absolute Gasteiger partial charge is 0.352 e. The van der Waals surface area contributed by atoms with Crippen molar-refractivity contribution < 1.29 is 13.2 Å². The van der Waals surface area contributed by atoms with E-state index in [0.717, 1.165) is 19.6 Å². The molecule has 1 aromatic rings. The first-order valence-electron chi connectivity index (χ1n) is 7.51. The quantitative estimate of drug-likeness (QED) is 0.869. The van der Waals surface area contributed by atoms with Gasteiger partial charge in [0.15, 0.2) is 0 Å². The third kappa shape index (κ3) is 3.51. The molecule has 2 heterocycles. The topological polar surface area (TPSA) is 69.7 Å². The van der Waals surface area contributed by atoms with Gasteiger partial charge in [0.25, 0.3) is 5.91 Å². The molecule has 1 aliphatic rings. The summed E-state index contributed by atoms with van der Waals surface area (Å²) >= 11 is 1.23. The summed E-state index contributed by atoms with van der Waals surface area (Å²) in [5, 5.41) is 2.70. The van der Waals surface area contributed by atoms with Gasteiger partial charge < -0.3 is 10.2 Å². The van der Waals surface area contributed by atoms with Crippen molar-refractivity contribution in [1.82, 2.24) is 14.5 Å². The Labute approximate surface area is 136 Å². The Morgan fingerprint density at radius 3 is 2.45 bits per heavy atom. The van der Waals surface area contributed by atoms with Crippen molar-refractivity contribution in [2.24, 2.45) is 0 Å². The Hall–Kier alpha value is -0.960. The fraction of sp³-hybridized carbons (Fsp3) is 0.643. The Morgan fingerprint density at radius 1 is 1.27 bits per heavy atom. The van der Waals surface area contributed by atoms with Crippen molar-refractivity contribution in [2.75, 3.05) is 39.3 Å². The highest BCUT2D eigenvalue weighted by molar-refractivity contribution is 7.89. The average molecular weight is 345 g/mol. The smallest absolute Gasteiger partial charge is 0.261 e. The van der Waals surface area contributed by atoms with Crippen LogP contribution in [0.4, 0.5) is 0 Å². The number of nitrogens with one attached hydrogen (secondary N) is 1. The Kier molecular flexibility index (Phi) is 5.60. The molecule has 0 radical (unpaired) electrons. The number of hydrogen-bond donors (Lipinski definition) is 1. The van der Waals surface area contributed by atoms with Crippen LogP contribution < -0.4 is 5.32 Å². The summed E-state index contributed by atoms with van der Waals surface area (Å²) in [7, 11) is -3.51. The fourth-order valence-electron chi connectivity index (χ4n) is 2.51. The lowest BCUT2D eigenvalue weighted by molar-refractivity contribution is 0.0959. The summed E-state index contributed by atoms with van der Waals surface area (Å²) < 4.78 is 27.1. The second-order valence-electron chi connectivity index (χ2n) is 5.23. The van der Waals surface area contributed by atoms with Gasteiger partial charge in [-0.3, -0.25) is 4.79 Å². The van der Waals surface area contributed by atoms with E-state index in [1.54, 1.807) is 6.92 Å². The van der Waals surface area contributed by atoms with E-state index in [0.29, 0.717) is 29.4 Å². The maximum Gasteiger partial charge on any atom is 0.261 e. The van der Waals surface area contributed by atoms with Gasteiger partial charge in [0.2, 0.25) is 10.0 Å². The number of carbonyl (C=O) groups is 1. The van der Waals surface area contributed by atoms with Gasteiger partial charge in [-0.15, -0.1) is 11.3 Å². The van der Waals surface area contributed by atoms with Crippen LogP contribution in [0.15, 0.2) is 11.0 Å². The van der Waals surface area contributed by atoms with Crippen LogP contribution in [0, 0.1) is 6.92 Å². The standard InChI is InChI=1S/C14H23N3O3S2/c1-4-15-14(18)12-10-13(11(3)21-12)22(19,20)17-8-6-16(5-2)7-9-17/h10H,4-9H2,1-3H3,(H,15,18). The van der Waals surface area contributed by atoms with Gasteiger partial charge in [-0.25, -0.2) is 8.42 Å². The van der Waals surface area contributed by atoms with Gasteiger partial charge in [-0.05, 0) is 26.5 Å². The number of aryl methyl sites for hydroxylation is 1. The second-order valence-corrected chi connectivity index (χ2v) is 8.39. The van der Waals surface area contributed by atoms with Crippen molar-refractivity contribution in [2.45, 2.75) is 25.7 Å². The zero-order valence-electron chi connectivity index (χ0n) is 13.3. The van der Waals surface area contributed by atoms with Gasteiger partial charge in [-0.1, -0.05) is 6.92 Å². The minimum absolute atomic E-state index is 0.215. The molecule has 8 heteroatoms. The number of thiophene rings is 1. The van der Waals surface area contributed by atoms with Crippen molar-refractivity contribution in [3.8, 4) is 0 Å². The number of hydrogen-bond acceptors (Lipinski definition) is 5. The summed E-state index contributed by atoms with van der Waals surface area (Å²) in [5.74, 6) is -0.215. The van der Waals surface area contributed by atoms with Gasteiger partial charge in [0, 0.05) is 37.6 Å². The third-order valence-corrected chi connectivity index (χ3v) is 7.03. The summed E-state index contributed by atoms with van der Waals surface area (Å²) in [6, 6.07) is 1.51. The molecule has 0 unspecified atom stereocenters. The van der Waals surface area contributed by atoms with E-state index in [1.807, 2.05) is 6.92 Å². The maximum absolute atomic E-state index is 12.8. The van der Waals surface area contributed by atoms with E-state index < -0.39 is 10.0 Å². The number of piperazine rings is 1. The van der Waals surface area contributed by atoms with Crippen LogP contribution in [0.1, 0.15) is 28.4 Å². The van der Waals surface area contributed by atoms with Gasteiger partial charge >= 0.3 is 0 Å². The molecule has 124 valence electrons. The van der Waals surface area contributed by atoms with E-state index in [9.17, 15) is 13.2 Å². The lowest BCUT2D eigenvalue weighted by Crippen LogP contribution is -2.48. The van der Waals surface area contributed by atoms with E-state index in [4.69, 9.17) is 0 Å². The molecule has 1 fully saturated rings. The summed E-state index contributed by atoms with van der Waals surface area (Å²) in [5.41, 5.74) is 0. The SMILES string of the molecule is CCNC(=O)c1cc(S(=O)(=O)N2CCN(CC)CC2)c(C)s1. The van der Waals surface area contributed by atoms with Crippen molar-refractivity contribution in [3.05, 3.63) is 15.8 Å². The molecule has 1 amide bonds. The molecule has 0 atom stereocenters. The molecule has 2 rings (SSSR count). The van der Waals surface area contributed by atoms with Crippen molar-refractivity contribution in [3.63, 3.8) is 0 Å². The molecule has 1 aromatic heterocycles. The molecule has 1 saturated heterocycles. The molecular formula is C14H23N3O3S2. The number of carbonyl (C=O) groups excluding carboxylic acids is 1. The average Bonchev–Trinajstić information content (AvgIpc) is 2.90. The number of sulfonamides is 1. The maximum atomic E-state index is 12.8. The molecule has 0 bridgehead atoms. The normalized spacial score (nSPS) is 17.6. The van der Waals surface area contributed by atoms with Crippen LogP contribution in [-0.2, 0) is 10.0 Å². The number of likely N-dealkylation sites (N-methyl/N-ethyl adjacent to an activating group) is 1. The molecule has 6 nitrogen and oxygen atoms in total. The first-order chi connectivity index (χ1) is 10.4. The van der Waals surface area contributed by atoms with Crippen LogP contribution >= 0.6 is 11.3 Å². The van der Waals surface area contributed by atoms with E-state index >= 15 is 0 Å². The number of rotatable bonds is 5. The lowest BCUT2D eigenvalue weighted by Gasteiger charge is -2.33. The number of nitrogens with zero attached hydrogens (tertiary/aromatic N) is 2. The second kappa shape index (κ2) is 7.08. The Morgan fingerprint density at radius 2 is 1.91 bits per heavy atom. The third-order valence-electron chi connectivity index (χ3n) is 3.83. The monoisotopic (exact) mass is 345 g/mol. The fourth-order valence-corrected chi connectivity index (χ4v) is 5.41. The molecule has 1 N–H and O–H groups in total. The predicted octanol–water partition coefficient (Wildman–Crippen LogP) is 1.13. The zero-order valence-corrected chi connectivity index (χ0v) is 14.9. The summed E-state index contributed by atoms with van der Waals surface area (Å²) in [6.07, 6.45) is 0. The van der Waals surface area contributed by atoms with Crippen LogP contribution in [0.25, 0.3) is 0 Å². The van der Waals surface area contributed by atoms with Crippen molar-refractivity contribution in [1.29, 1.82) is 0 Å². The van der Waals surface area contributed by atoms with Crippen molar-refractivity contribution >= 4 is 27.3 Å². The molecule has 0 saturated carbocycles. The lowest BCUT2D eigenvalue weighted by atomic mass is 10.4. The molecule has 0 spiro atoms. The van der Waals surface area contributed by atoms with Gasteiger partial charge in [0.05, 0.1) is 9.77 Å². The first-order valence-corrected chi connectivity index (χ1v) is 9.77. The van der Waals surface area contributed by atoms with Crippen LogP contribution in [0.5, 0.6) is 0 Å². The molecule has 1 aliphatic heterocycles. The molecule has 0 aromatic carbocycles. The highest BCUT2D eigenvalue weighted by Crippen LogP contribution is 2.28. The zero-order chi connectivity index (χ0) is 16.3. The Balaban J connectivity index is 2.21.